The van der Waals surface area contributed by atoms with E-state index >= 15 is 0 Å². The quantitative estimate of drug-likeness (QED) is 0.518. The van der Waals surface area contributed by atoms with Crippen molar-refractivity contribution in [1.29, 1.82) is 0 Å². The molecule has 0 N–H and O–H groups in total. The van der Waals surface area contributed by atoms with E-state index in [1.54, 1.807) is 24.3 Å². The first-order valence-corrected chi connectivity index (χ1v) is 7.21. The summed E-state index contributed by atoms with van der Waals surface area (Å²) in [6.45, 7) is -0.0464. The van der Waals surface area contributed by atoms with E-state index in [2.05, 4.69) is 16.2 Å². The van der Waals surface area contributed by atoms with Crippen molar-refractivity contribution < 1.29 is 8.81 Å². The summed E-state index contributed by atoms with van der Waals surface area (Å²) in [7, 11) is 0. The highest BCUT2D eigenvalue weighted by Crippen LogP contribution is 2.20. The van der Waals surface area contributed by atoms with Gasteiger partial charge in [0.1, 0.15) is 11.2 Å². The lowest BCUT2D eigenvalue weighted by atomic mass is 10.2. The molecule has 0 amide bonds. The lowest BCUT2D eigenvalue weighted by molar-refractivity contribution is 0.519. The van der Waals surface area contributed by atoms with Gasteiger partial charge in [0, 0.05) is 6.07 Å². The molecule has 4 rings (SSSR count). The van der Waals surface area contributed by atoms with Crippen molar-refractivity contribution in [3.8, 4) is 18.0 Å². The molecule has 122 valence electrons. The van der Waals surface area contributed by atoms with Crippen molar-refractivity contribution in [3.63, 3.8) is 0 Å². The molecule has 0 spiro atoms. The molecular weight excluding hydrogens is 327 g/mol. The molecule has 4 aromatic rings. The molecule has 0 radical (unpaired) electrons. The van der Waals surface area contributed by atoms with Crippen LogP contribution in [0.25, 0.3) is 27.7 Å². The third kappa shape index (κ3) is 2.21. The Labute approximate surface area is 138 Å². The number of benzene rings is 2. The predicted molar refractivity (Wildman–Crippen MR) is 88.0 cm³/mol. The molecule has 0 aliphatic rings. The summed E-state index contributed by atoms with van der Waals surface area (Å²) >= 11 is 0. The van der Waals surface area contributed by atoms with Crippen LogP contribution in [0.2, 0.25) is 0 Å². The molecule has 25 heavy (non-hydrogen) atoms. The molecule has 0 bridgehead atoms. The van der Waals surface area contributed by atoms with Crippen LogP contribution in [-0.4, -0.2) is 19.6 Å². The molecule has 0 saturated carbocycles. The van der Waals surface area contributed by atoms with E-state index in [4.69, 9.17) is 10.8 Å². The first-order valence-electron chi connectivity index (χ1n) is 7.21. The molecule has 2 aromatic heterocycles. The molecule has 0 aliphatic carbocycles. The third-order valence-corrected chi connectivity index (χ3v) is 3.78. The fraction of sp³-hybridized carbons (Fsp3) is 0.0588. The second kappa shape index (κ2) is 5.42. The van der Waals surface area contributed by atoms with E-state index in [-0.39, 0.29) is 23.3 Å². The zero-order valence-electron chi connectivity index (χ0n) is 12.6. The Morgan fingerprint density at radius 1 is 1.24 bits per heavy atom. The van der Waals surface area contributed by atoms with Crippen molar-refractivity contribution in [1.82, 2.24) is 19.6 Å². The van der Waals surface area contributed by atoms with Crippen LogP contribution in [0.1, 0.15) is 0 Å². The highest BCUT2D eigenvalue weighted by molar-refractivity contribution is 5.78. The molecule has 8 heteroatoms. The van der Waals surface area contributed by atoms with E-state index in [1.807, 2.05) is 0 Å². The maximum absolute atomic E-state index is 14.5. The number of oxazole rings is 1. The fourth-order valence-corrected chi connectivity index (χ4v) is 2.62. The lowest BCUT2D eigenvalue weighted by Crippen LogP contribution is -2.23. The van der Waals surface area contributed by atoms with Crippen LogP contribution in [0.4, 0.5) is 4.39 Å². The van der Waals surface area contributed by atoms with Crippen LogP contribution in [0.3, 0.4) is 0 Å². The van der Waals surface area contributed by atoms with Gasteiger partial charge in [0.05, 0.1) is 17.4 Å². The second-order valence-corrected chi connectivity index (χ2v) is 5.25. The van der Waals surface area contributed by atoms with Gasteiger partial charge in [-0.1, -0.05) is 23.3 Å². The van der Waals surface area contributed by atoms with Gasteiger partial charge in [-0.15, -0.1) is 11.5 Å². The Kier molecular flexibility index (Phi) is 3.22. The summed E-state index contributed by atoms with van der Waals surface area (Å²) in [4.78, 5) is 24.4. The molecule has 0 atom stereocenters. The van der Waals surface area contributed by atoms with Crippen LogP contribution in [-0.2, 0) is 6.54 Å². The summed E-state index contributed by atoms with van der Waals surface area (Å²) < 4.78 is 21.5. The van der Waals surface area contributed by atoms with E-state index in [1.165, 1.54) is 6.07 Å². The largest absolute Gasteiger partial charge is 0.420 e. The van der Waals surface area contributed by atoms with Crippen molar-refractivity contribution in [2.24, 2.45) is 0 Å². The van der Waals surface area contributed by atoms with E-state index in [0.717, 1.165) is 15.3 Å². The Balaban J connectivity index is 2.04. The minimum atomic E-state index is -0.777. The van der Waals surface area contributed by atoms with E-state index in [0.29, 0.717) is 10.9 Å². The molecular formula is C17H9FN4O3. The Morgan fingerprint density at radius 3 is 2.84 bits per heavy atom. The van der Waals surface area contributed by atoms with Gasteiger partial charge in [0.15, 0.2) is 11.4 Å². The van der Waals surface area contributed by atoms with Crippen molar-refractivity contribution in [2.75, 3.05) is 0 Å². The average molecular weight is 336 g/mol. The molecule has 2 aromatic carbocycles. The molecule has 0 aliphatic heterocycles. The van der Waals surface area contributed by atoms with Crippen LogP contribution < -0.4 is 11.3 Å². The average Bonchev–Trinajstić information content (AvgIpc) is 2.90. The summed E-state index contributed by atoms with van der Waals surface area (Å²) in [5, 5.41) is 8.00. The molecule has 7 nitrogen and oxygen atoms in total. The van der Waals surface area contributed by atoms with Crippen LogP contribution in [0, 0.1) is 18.2 Å². The maximum Gasteiger partial charge on any atom is 0.420 e. The molecule has 0 unspecified atom stereocenters. The normalized spacial score (nSPS) is 11.0. The molecule has 0 fully saturated rings. The van der Waals surface area contributed by atoms with Gasteiger partial charge in [0.2, 0.25) is 0 Å². The number of rotatable bonds is 2. The highest BCUT2D eigenvalue weighted by Gasteiger charge is 2.17. The summed E-state index contributed by atoms with van der Waals surface area (Å²) in [5.41, 5.74) is 0.0165. The summed E-state index contributed by atoms with van der Waals surface area (Å²) in [5.74, 6) is 0.841. The number of terminal acetylenes is 1. The van der Waals surface area contributed by atoms with Gasteiger partial charge in [-0.2, -0.15) is 4.68 Å². The predicted octanol–water partition coefficient (Wildman–Crippen LogP) is 1.46. The smallest absolute Gasteiger partial charge is 0.408 e. The number of hydrogen-bond acceptors (Lipinski definition) is 5. The van der Waals surface area contributed by atoms with Crippen LogP contribution >= 0.6 is 0 Å². The minimum absolute atomic E-state index is 0.0308. The van der Waals surface area contributed by atoms with Gasteiger partial charge in [-0.3, -0.25) is 9.36 Å². The number of fused-ring (bicyclic) bond motifs is 2. The number of hydrogen-bond donors (Lipinski definition) is 0. The highest BCUT2D eigenvalue weighted by atomic mass is 19.1. The monoisotopic (exact) mass is 336 g/mol. The Bertz CT molecular complexity index is 1290. The van der Waals surface area contributed by atoms with Crippen LogP contribution in [0.5, 0.6) is 0 Å². The fourth-order valence-electron chi connectivity index (χ4n) is 2.62. The van der Waals surface area contributed by atoms with Crippen molar-refractivity contribution >= 4 is 22.0 Å². The van der Waals surface area contributed by atoms with Gasteiger partial charge < -0.3 is 4.42 Å². The second-order valence-electron chi connectivity index (χ2n) is 5.25. The summed E-state index contributed by atoms with van der Waals surface area (Å²) in [6.07, 6.45) is 5.24. The molecule has 0 saturated heterocycles. The standard InChI is InChI=1S/C17H9FN4O3/c1-2-7-21-14-9-13(11(18)8-15(14)25-17(21)24)22-16(23)10-5-3-4-6-12(10)19-20-22/h1,3-6,8-9H,7H2. The zero-order valence-corrected chi connectivity index (χ0v) is 12.6. The maximum atomic E-state index is 14.5. The Hall–Kier alpha value is -3.73. The molecule has 2 heterocycles. The van der Waals surface area contributed by atoms with Crippen molar-refractivity contribution in [3.05, 3.63) is 63.1 Å². The topological polar surface area (TPSA) is 82.9 Å². The lowest BCUT2D eigenvalue weighted by Gasteiger charge is -2.06. The van der Waals surface area contributed by atoms with E-state index < -0.39 is 17.1 Å². The SMILES string of the molecule is C#CCn1c(=O)oc2cc(F)c(-n3nnc4ccccc4c3=O)cc21. The number of aromatic nitrogens is 4. The Morgan fingerprint density at radius 2 is 2.04 bits per heavy atom. The summed E-state index contributed by atoms with van der Waals surface area (Å²) in [6, 6.07) is 8.91. The number of halogens is 1. The van der Waals surface area contributed by atoms with Crippen molar-refractivity contribution in [2.45, 2.75) is 6.54 Å². The first kappa shape index (κ1) is 14.8. The van der Waals surface area contributed by atoms with Gasteiger partial charge >= 0.3 is 5.76 Å². The third-order valence-electron chi connectivity index (χ3n) is 3.78. The zero-order chi connectivity index (χ0) is 17.6. The van der Waals surface area contributed by atoms with Crippen LogP contribution in [0.15, 0.2) is 50.4 Å². The van der Waals surface area contributed by atoms with Gasteiger partial charge in [-0.25, -0.2) is 9.18 Å². The number of nitrogens with zero attached hydrogens (tertiary/aromatic N) is 4. The minimum Gasteiger partial charge on any atom is -0.408 e. The van der Waals surface area contributed by atoms with Gasteiger partial charge in [-0.05, 0) is 18.2 Å². The van der Waals surface area contributed by atoms with E-state index in [9.17, 15) is 14.0 Å². The van der Waals surface area contributed by atoms with Gasteiger partial charge in [0.25, 0.3) is 5.56 Å². The first-order chi connectivity index (χ1) is 12.1.